The van der Waals surface area contributed by atoms with Crippen molar-refractivity contribution in [2.24, 2.45) is 0 Å². The summed E-state index contributed by atoms with van der Waals surface area (Å²) < 4.78 is 0. The summed E-state index contributed by atoms with van der Waals surface area (Å²) in [5.74, 6) is 0.539. The van der Waals surface area contributed by atoms with Crippen LogP contribution < -0.4 is 0 Å². The van der Waals surface area contributed by atoms with Gasteiger partial charge in [0.1, 0.15) is 0 Å². The Morgan fingerprint density at radius 2 is 1.90 bits per heavy atom. The van der Waals surface area contributed by atoms with Crippen molar-refractivity contribution in [2.45, 2.75) is 44.9 Å². The van der Waals surface area contributed by atoms with Gasteiger partial charge in [-0.05, 0) is 67.5 Å². The molecule has 0 saturated carbocycles. The maximum atomic E-state index is 12.8. The molecule has 1 unspecified atom stereocenters. The molecule has 0 radical (unpaired) electrons. The van der Waals surface area contributed by atoms with Crippen LogP contribution in [-0.2, 0) is 17.6 Å². The highest BCUT2D eigenvalue weighted by atomic mass is 35.5. The van der Waals surface area contributed by atoms with Gasteiger partial charge < -0.3 is 4.90 Å². The number of likely N-dealkylation sites (tertiary alicyclic amines) is 1. The van der Waals surface area contributed by atoms with Crippen molar-refractivity contribution in [2.75, 3.05) is 13.1 Å². The first-order valence-corrected chi connectivity index (χ1v) is 11.5. The van der Waals surface area contributed by atoms with E-state index in [1.165, 1.54) is 16.7 Å². The molecule has 0 bridgehead atoms. The Bertz CT molecular complexity index is 1030. The molecule has 0 spiro atoms. The van der Waals surface area contributed by atoms with E-state index in [1.807, 2.05) is 35.4 Å². The van der Waals surface area contributed by atoms with E-state index < -0.39 is 0 Å². The van der Waals surface area contributed by atoms with E-state index in [9.17, 15) is 4.79 Å². The number of aromatic nitrogens is 1. The van der Waals surface area contributed by atoms with Crippen LogP contribution in [0.15, 0.2) is 66.9 Å². The lowest BCUT2D eigenvalue weighted by molar-refractivity contribution is -0.132. The number of benzene rings is 2. The minimum atomic E-state index is 0.223. The van der Waals surface area contributed by atoms with E-state index in [2.05, 4.69) is 43.3 Å². The molecule has 3 aromatic rings. The summed E-state index contributed by atoms with van der Waals surface area (Å²) in [5.41, 5.74) is 6.02. The molecule has 2 aromatic carbocycles. The lowest BCUT2D eigenvalue weighted by atomic mass is 9.93. The number of hydrogen-bond acceptors (Lipinski definition) is 2. The van der Waals surface area contributed by atoms with E-state index in [1.54, 1.807) is 0 Å². The zero-order chi connectivity index (χ0) is 21.6. The number of nitrogens with zero attached hydrogens (tertiary/aromatic N) is 2. The number of aryl methyl sites for hydroxylation is 2. The van der Waals surface area contributed by atoms with Gasteiger partial charge in [0.15, 0.2) is 0 Å². The van der Waals surface area contributed by atoms with Crippen LogP contribution in [0.25, 0.3) is 0 Å². The van der Waals surface area contributed by atoms with Crippen LogP contribution in [0.4, 0.5) is 0 Å². The highest BCUT2D eigenvalue weighted by Gasteiger charge is 2.25. The zero-order valence-electron chi connectivity index (χ0n) is 18.1. The smallest absolute Gasteiger partial charge is 0.222 e. The third-order valence-electron chi connectivity index (χ3n) is 6.05. The topological polar surface area (TPSA) is 33.2 Å². The maximum Gasteiger partial charge on any atom is 0.222 e. The highest BCUT2D eigenvalue weighted by molar-refractivity contribution is 6.30. The molecule has 4 heteroatoms. The number of hydrogen-bond donors (Lipinski definition) is 0. The third kappa shape index (κ3) is 5.95. The molecular weight excluding hydrogens is 404 g/mol. The molecule has 2 heterocycles. The van der Waals surface area contributed by atoms with E-state index in [-0.39, 0.29) is 5.91 Å². The van der Waals surface area contributed by atoms with Crippen LogP contribution in [0, 0.1) is 6.92 Å². The summed E-state index contributed by atoms with van der Waals surface area (Å²) >= 11 is 6.06. The number of carbonyl (C=O) groups excluding carboxylic acids is 1. The van der Waals surface area contributed by atoms with Gasteiger partial charge in [-0.3, -0.25) is 9.78 Å². The number of pyridine rings is 1. The van der Waals surface area contributed by atoms with Gasteiger partial charge in [-0.15, -0.1) is 0 Å². The Balaban J connectivity index is 1.34. The predicted molar refractivity (Wildman–Crippen MR) is 127 cm³/mol. The number of amides is 1. The van der Waals surface area contributed by atoms with Crippen molar-refractivity contribution >= 4 is 17.5 Å². The van der Waals surface area contributed by atoms with Crippen molar-refractivity contribution in [1.82, 2.24) is 9.88 Å². The predicted octanol–water partition coefficient (Wildman–Crippen LogP) is 5.97. The first-order valence-electron chi connectivity index (χ1n) is 11.1. The summed E-state index contributed by atoms with van der Waals surface area (Å²) in [4.78, 5) is 19.6. The number of piperidine rings is 1. The summed E-state index contributed by atoms with van der Waals surface area (Å²) in [6.45, 7) is 3.73. The zero-order valence-corrected chi connectivity index (χ0v) is 18.8. The van der Waals surface area contributed by atoms with Gasteiger partial charge in [0.25, 0.3) is 0 Å². The van der Waals surface area contributed by atoms with Gasteiger partial charge in [0, 0.05) is 42.3 Å². The molecule has 1 aromatic heterocycles. The highest BCUT2D eigenvalue weighted by Crippen LogP contribution is 2.26. The van der Waals surface area contributed by atoms with Crippen molar-refractivity contribution in [3.8, 4) is 0 Å². The van der Waals surface area contributed by atoms with Crippen molar-refractivity contribution < 1.29 is 4.79 Å². The molecule has 31 heavy (non-hydrogen) atoms. The molecular formula is C27H29ClN2O. The molecule has 160 valence electrons. The first-order chi connectivity index (χ1) is 15.1. The van der Waals surface area contributed by atoms with Crippen LogP contribution in [0.3, 0.4) is 0 Å². The Morgan fingerprint density at radius 1 is 1.06 bits per heavy atom. The summed E-state index contributed by atoms with van der Waals surface area (Å²) in [5, 5.41) is 0.722. The van der Waals surface area contributed by atoms with Crippen molar-refractivity contribution in [3.63, 3.8) is 0 Å². The second-order valence-electron chi connectivity index (χ2n) is 8.57. The Morgan fingerprint density at radius 3 is 2.68 bits per heavy atom. The lowest BCUT2D eigenvalue weighted by Gasteiger charge is -2.32. The van der Waals surface area contributed by atoms with Crippen LogP contribution in [-0.4, -0.2) is 28.9 Å². The molecule has 3 nitrogen and oxygen atoms in total. The molecule has 1 saturated heterocycles. The monoisotopic (exact) mass is 432 g/mol. The Hall–Kier alpha value is -2.65. The summed E-state index contributed by atoms with van der Waals surface area (Å²) in [6, 6.07) is 20.7. The SMILES string of the molecule is Cc1cccc(Cc2ccc(C3CCCN(C(=O)CCc4cccc(Cl)c4)C3)nc2)c1. The Kier molecular flexibility index (Phi) is 7.03. The molecule has 0 aliphatic carbocycles. The quantitative estimate of drug-likeness (QED) is 0.480. The van der Waals surface area contributed by atoms with Gasteiger partial charge in [-0.25, -0.2) is 0 Å². The second kappa shape index (κ2) is 10.1. The molecule has 1 amide bonds. The van der Waals surface area contributed by atoms with Gasteiger partial charge in [-0.1, -0.05) is 59.6 Å². The molecule has 1 aliphatic heterocycles. The minimum absolute atomic E-state index is 0.223. The third-order valence-corrected chi connectivity index (χ3v) is 6.28. The molecule has 0 N–H and O–H groups in total. The van der Waals surface area contributed by atoms with E-state index >= 15 is 0 Å². The number of halogens is 1. The van der Waals surface area contributed by atoms with E-state index in [4.69, 9.17) is 16.6 Å². The van der Waals surface area contributed by atoms with Crippen LogP contribution in [0.5, 0.6) is 0 Å². The van der Waals surface area contributed by atoms with E-state index in [0.29, 0.717) is 12.3 Å². The fourth-order valence-corrected chi connectivity index (χ4v) is 4.60. The van der Waals surface area contributed by atoms with Gasteiger partial charge in [0.05, 0.1) is 0 Å². The Labute approximate surface area is 190 Å². The molecule has 1 aliphatic rings. The molecule has 1 fully saturated rings. The average molecular weight is 433 g/mol. The van der Waals surface area contributed by atoms with E-state index in [0.717, 1.165) is 55.1 Å². The fourth-order valence-electron chi connectivity index (χ4n) is 4.39. The fraction of sp³-hybridized carbons (Fsp3) is 0.333. The van der Waals surface area contributed by atoms with Gasteiger partial charge >= 0.3 is 0 Å². The van der Waals surface area contributed by atoms with Crippen molar-refractivity contribution in [3.05, 3.63) is 99.8 Å². The molecule has 4 rings (SSSR count). The maximum absolute atomic E-state index is 12.8. The second-order valence-corrected chi connectivity index (χ2v) is 9.00. The number of rotatable bonds is 6. The summed E-state index contributed by atoms with van der Waals surface area (Å²) in [7, 11) is 0. The summed E-state index contributed by atoms with van der Waals surface area (Å²) in [6.07, 6.45) is 6.26. The van der Waals surface area contributed by atoms with Crippen LogP contribution in [0.1, 0.15) is 53.1 Å². The first kappa shape index (κ1) is 21.6. The standard InChI is InChI=1S/C27H29ClN2O/c1-20-5-2-7-22(15-20)16-23-10-12-26(29-18-23)24-8-4-14-30(19-24)27(31)13-11-21-6-3-9-25(28)17-21/h2-3,5-7,9-10,12,15,17-18,24H,4,8,11,13-14,16,19H2,1H3. The van der Waals surface area contributed by atoms with Gasteiger partial charge in [0.2, 0.25) is 5.91 Å². The van der Waals surface area contributed by atoms with Crippen LogP contribution in [0.2, 0.25) is 5.02 Å². The minimum Gasteiger partial charge on any atom is -0.342 e. The normalized spacial score (nSPS) is 16.3. The number of carbonyl (C=O) groups is 1. The van der Waals surface area contributed by atoms with Gasteiger partial charge in [-0.2, -0.15) is 0 Å². The van der Waals surface area contributed by atoms with Crippen molar-refractivity contribution in [1.29, 1.82) is 0 Å². The largest absolute Gasteiger partial charge is 0.342 e. The lowest BCUT2D eigenvalue weighted by Crippen LogP contribution is -2.39. The van der Waals surface area contributed by atoms with Crippen LogP contribution >= 0.6 is 11.6 Å². The molecule has 1 atom stereocenters. The average Bonchev–Trinajstić information content (AvgIpc) is 2.78.